The number of pyridine rings is 1. The van der Waals surface area contributed by atoms with E-state index in [9.17, 15) is 4.79 Å². The number of aromatic nitrogens is 1. The summed E-state index contributed by atoms with van der Waals surface area (Å²) in [6, 6.07) is 13.7. The van der Waals surface area contributed by atoms with Gasteiger partial charge in [-0.1, -0.05) is 34.1 Å². The summed E-state index contributed by atoms with van der Waals surface area (Å²) in [4.78, 5) is 18.1. The summed E-state index contributed by atoms with van der Waals surface area (Å²) in [6.07, 6.45) is 2.99. The van der Waals surface area contributed by atoms with Gasteiger partial charge < -0.3 is 4.90 Å². The van der Waals surface area contributed by atoms with Gasteiger partial charge in [0, 0.05) is 36.4 Å². The van der Waals surface area contributed by atoms with Crippen LogP contribution in [0.15, 0.2) is 53.1 Å². The number of hydrogen-bond donors (Lipinski definition) is 0. The molecule has 0 atom stereocenters. The highest BCUT2D eigenvalue weighted by Gasteiger charge is 2.09. The summed E-state index contributed by atoms with van der Waals surface area (Å²) >= 11 is 3.39. The molecule has 0 spiro atoms. The Bertz CT molecular complexity index is 554. The minimum atomic E-state index is 0.128. The van der Waals surface area contributed by atoms with Crippen LogP contribution >= 0.6 is 15.9 Å². The van der Waals surface area contributed by atoms with Gasteiger partial charge in [-0.2, -0.15) is 0 Å². The van der Waals surface area contributed by atoms with E-state index in [2.05, 4.69) is 20.9 Å². The molecule has 0 bridgehead atoms. The van der Waals surface area contributed by atoms with Crippen LogP contribution in [-0.2, 0) is 17.6 Å². The first kappa shape index (κ1) is 14.7. The molecule has 0 saturated heterocycles. The summed E-state index contributed by atoms with van der Waals surface area (Å²) in [6.45, 7) is 0.687. The molecule has 0 aliphatic carbocycles. The largest absolute Gasteiger partial charge is 0.345 e. The Morgan fingerprint density at radius 1 is 1.20 bits per heavy atom. The quantitative estimate of drug-likeness (QED) is 0.842. The van der Waals surface area contributed by atoms with Gasteiger partial charge in [0.25, 0.3) is 0 Å². The number of amides is 1. The van der Waals surface area contributed by atoms with Crippen molar-refractivity contribution in [3.8, 4) is 0 Å². The number of nitrogens with zero attached hydrogens (tertiary/aromatic N) is 2. The highest BCUT2D eigenvalue weighted by molar-refractivity contribution is 9.10. The third-order valence-corrected chi connectivity index (χ3v) is 3.65. The van der Waals surface area contributed by atoms with Crippen LogP contribution in [0.25, 0.3) is 0 Å². The molecule has 104 valence electrons. The molecule has 3 nitrogen and oxygen atoms in total. The fourth-order valence-corrected chi connectivity index (χ4v) is 2.13. The molecule has 2 aromatic rings. The van der Waals surface area contributed by atoms with Crippen LogP contribution in [0, 0.1) is 0 Å². The van der Waals surface area contributed by atoms with Gasteiger partial charge in [-0.25, -0.2) is 0 Å². The van der Waals surface area contributed by atoms with E-state index in [0.717, 1.165) is 22.2 Å². The van der Waals surface area contributed by atoms with Gasteiger partial charge in [-0.15, -0.1) is 0 Å². The molecular formula is C16H17BrN2O. The van der Waals surface area contributed by atoms with Crippen molar-refractivity contribution < 1.29 is 4.79 Å². The Labute approximate surface area is 127 Å². The number of halogens is 1. The first-order chi connectivity index (χ1) is 9.65. The van der Waals surface area contributed by atoms with E-state index in [4.69, 9.17) is 0 Å². The lowest BCUT2D eigenvalue weighted by Gasteiger charge is -2.17. The van der Waals surface area contributed by atoms with Crippen molar-refractivity contribution in [2.24, 2.45) is 0 Å². The fraction of sp³-hybridized carbons (Fsp3) is 0.250. The SMILES string of the molecule is CN(CCc1ccccn1)C(=O)Cc1ccc(Br)cc1. The molecule has 1 aromatic heterocycles. The Balaban J connectivity index is 1.84. The predicted octanol–water partition coefficient (Wildman–Crippen LogP) is 3.09. The third-order valence-electron chi connectivity index (χ3n) is 3.12. The number of rotatable bonds is 5. The monoisotopic (exact) mass is 332 g/mol. The molecule has 0 radical (unpaired) electrons. The molecule has 0 N–H and O–H groups in total. The average molecular weight is 333 g/mol. The van der Waals surface area contributed by atoms with Gasteiger partial charge in [-0.05, 0) is 29.8 Å². The minimum absolute atomic E-state index is 0.128. The second kappa shape index (κ2) is 7.20. The summed E-state index contributed by atoms with van der Waals surface area (Å²) in [5.41, 5.74) is 2.04. The molecule has 20 heavy (non-hydrogen) atoms. The first-order valence-corrected chi connectivity index (χ1v) is 7.33. The molecule has 0 unspecified atom stereocenters. The summed E-state index contributed by atoms with van der Waals surface area (Å²) in [5, 5.41) is 0. The lowest BCUT2D eigenvalue weighted by Crippen LogP contribution is -2.30. The Morgan fingerprint density at radius 2 is 1.95 bits per heavy atom. The zero-order valence-electron chi connectivity index (χ0n) is 11.4. The van der Waals surface area contributed by atoms with Gasteiger partial charge in [0.05, 0.1) is 6.42 Å². The molecule has 1 amide bonds. The van der Waals surface area contributed by atoms with Crippen LogP contribution in [0.5, 0.6) is 0 Å². The summed E-state index contributed by atoms with van der Waals surface area (Å²) < 4.78 is 1.03. The lowest BCUT2D eigenvalue weighted by atomic mass is 10.1. The van der Waals surface area contributed by atoms with Crippen molar-refractivity contribution >= 4 is 21.8 Å². The van der Waals surface area contributed by atoms with Crippen LogP contribution in [0.1, 0.15) is 11.3 Å². The van der Waals surface area contributed by atoms with E-state index < -0.39 is 0 Å². The smallest absolute Gasteiger partial charge is 0.226 e. The maximum Gasteiger partial charge on any atom is 0.226 e. The van der Waals surface area contributed by atoms with Gasteiger partial charge in [0.15, 0.2) is 0 Å². The van der Waals surface area contributed by atoms with Crippen molar-refractivity contribution in [3.05, 3.63) is 64.4 Å². The lowest BCUT2D eigenvalue weighted by molar-refractivity contribution is -0.129. The molecule has 0 saturated carbocycles. The number of hydrogen-bond acceptors (Lipinski definition) is 2. The van der Waals surface area contributed by atoms with Gasteiger partial charge >= 0.3 is 0 Å². The second-order valence-corrected chi connectivity index (χ2v) is 5.61. The van der Waals surface area contributed by atoms with Gasteiger partial charge in [0.1, 0.15) is 0 Å². The molecule has 0 aliphatic heterocycles. The Morgan fingerprint density at radius 3 is 2.60 bits per heavy atom. The van der Waals surface area contributed by atoms with Crippen LogP contribution in [0.2, 0.25) is 0 Å². The molecule has 0 fully saturated rings. The van der Waals surface area contributed by atoms with Crippen molar-refractivity contribution in [3.63, 3.8) is 0 Å². The van der Waals surface area contributed by atoms with E-state index in [1.807, 2.05) is 49.5 Å². The molecule has 2 rings (SSSR count). The standard InChI is InChI=1S/C16H17BrN2O/c1-19(11-9-15-4-2-3-10-18-15)16(20)12-13-5-7-14(17)8-6-13/h2-8,10H,9,11-12H2,1H3. The number of benzene rings is 1. The maximum absolute atomic E-state index is 12.1. The van der Waals surface area contributed by atoms with E-state index >= 15 is 0 Å². The van der Waals surface area contributed by atoms with Gasteiger partial charge in [-0.3, -0.25) is 9.78 Å². The van der Waals surface area contributed by atoms with Crippen molar-refractivity contribution in [1.29, 1.82) is 0 Å². The van der Waals surface area contributed by atoms with Crippen molar-refractivity contribution in [2.75, 3.05) is 13.6 Å². The number of likely N-dealkylation sites (N-methyl/N-ethyl adjacent to an activating group) is 1. The van der Waals surface area contributed by atoms with E-state index in [0.29, 0.717) is 13.0 Å². The normalized spacial score (nSPS) is 10.3. The highest BCUT2D eigenvalue weighted by Crippen LogP contribution is 2.11. The zero-order chi connectivity index (χ0) is 14.4. The van der Waals surface area contributed by atoms with Crippen LogP contribution in [-0.4, -0.2) is 29.4 Å². The Kier molecular flexibility index (Phi) is 5.30. The van der Waals surface area contributed by atoms with Crippen molar-refractivity contribution in [2.45, 2.75) is 12.8 Å². The van der Waals surface area contributed by atoms with E-state index in [-0.39, 0.29) is 5.91 Å². The topological polar surface area (TPSA) is 33.2 Å². The second-order valence-electron chi connectivity index (χ2n) is 4.69. The molecule has 1 aromatic carbocycles. The van der Waals surface area contributed by atoms with Crippen LogP contribution in [0.4, 0.5) is 0 Å². The summed E-state index contributed by atoms with van der Waals surface area (Å²) in [5.74, 6) is 0.128. The average Bonchev–Trinajstić information content (AvgIpc) is 2.48. The molecular weight excluding hydrogens is 316 g/mol. The fourth-order valence-electron chi connectivity index (χ4n) is 1.86. The predicted molar refractivity (Wildman–Crippen MR) is 83.4 cm³/mol. The number of carbonyl (C=O) groups is 1. The molecule has 4 heteroatoms. The van der Waals surface area contributed by atoms with Gasteiger partial charge in [0.2, 0.25) is 5.91 Å². The van der Waals surface area contributed by atoms with E-state index in [1.165, 1.54) is 0 Å². The first-order valence-electron chi connectivity index (χ1n) is 6.53. The number of carbonyl (C=O) groups excluding carboxylic acids is 1. The van der Waals surface area contributed by atoms with Crippen LogP contribution < -0.4 is 0 Å². The minimum Gasteiger partial charge on any atom is -0.345 e. The summed E-state index contributed by atoms with van der Waals surface area (Å²) in [7, 11) is 1.84. The third kappa shape index (κ3) is 4.46. The van der Waals surface area contributed by atoms with Crippen LogP contribution in [0.3, 0.4) is 0 Å². The Hall–Kier alpha value is -1.68. The molecule has 1 heterocycles. The van der Waals surface area contributed by atoms with Crippen molar-refractivity contribution in [1.82, 2.24) is 9.88 Å². The molecule has 0 aliphatic rings. The van der Waals surface area contributed by atoms with E-state index in [1.54, 1.807) is 11.1 Å². The highest BCUT2D eigenvalue weighted by atomic mass is 79.9. The zero-order valence-corrected chi connectivity index (χ0v) is 13.0. The maximum atomic E-state index is 12.1.